The summed E-state index contributed by atoms with van der Waals surface area (Å²) >= 11 is 0. The van der Waals surface area contributed by atoms with Crippen LogP contribution in [0, 0.1) is 5.82 Å². The highest BCUT2D eigenvalue weighted by Gasteiger charge is 2.12. The summed E-state index contributed by atoms with van der Waals surface area (Å²) in [6, 6.07) is 21.2. The Morgan fingerprint density at radius 1 is 0.818 bits per heavy atom. The van der Waals surface area contributed by atoms with E-state index < -0.39 is 0 Å². The lowest BCUT2D eigenvalue weighted by Gasteiger charge is -2.12. The quantitative estimate of drug-likeness (QED) is 0.413. The second-order valence-electron chi connectivity index (χ2n) is 6.91. The number of methoxy groups -OCH3 is 2. The van der Waals surface area contributed by atoms with E-state index in [9.17, 15) is 9.18 Å². The van der Waals surface area contributed by atoms with Gasteiger partial charge in [0.05, 0.1) is 25.6 Å². The molecule has 0 aliphatic heterocycles. The zero-order valence-corrected chi connectivity index (χ0v) is 17.9. The van der Waals surface area contributed by atoms with Gasteiger partial charge in [0.25, 0.3) is 5.91 Å². The lowest BCUT2D eigenvalue weighted by atomic mass is 10.1. The molecule has 1 N–H and O–H groups in total. The lowest BCUT2D eigenvalue weighted by Crippen LogP contribution is -2.12. The number of rotatable bonds is 7. The van der Waals surface area contributed by atoms with Crippen molar-refractivity contribution in [3.05, 3.63) is 90.2 Å². The summed E-state index contributed by atoms with van der Waals surface area (Å²) in [6.45, 7) is 0. The van der Waals surface area contributed by atoms with E-state index >= 15 is 0 Å². The van der Waals surface area contributed by atoms with Crippen LogP contribution in [0.4, 0.5) is 10.1 Å². The lowest BCUT2D eigenvalue weighted by molar-refractivity contribution is 0.102. The van der Waals surface area contributed by atoms with Gasteiger partial charge in [0, 0.05) is 23.3 Å². The normalized spacial score (nSPS) is 10.4. The molecule has 0 aliphatic rings. The van der Waals surface area contributed by atoms with Crippen molar-refractivity contribution in [1.29, 1.82) is 0 Å². The average molecular weight is 445 g/mol. The van der Waals surface area contributed by atoms with Crippen LogP contribution in [0.25, 0.3) is 11.3 Å². The summed E-state index contributed by atoms with van der Waals surface area (Å²) in [5.74, 6) is 1.25. The number of ether oxygens (including phenoxy) is 3. The van der Waals surface area contributed by atoms with Crippen molar-refractivity contribution in [2.45, 2.75) is 0 Å². The highest BCUT2D eigenvalue weighted by molar-refractivity contribution is 6.05. The Bertz CT molecular complexity index is 1240. The van der Waals surface area contributed by atoms with Crippen molar-refractivity contribution in [2.24, 2.45) is 0 Å². The fourth-order valence-electron chi connectivity index (χ4n) is 3.04. The Morgan fingerprint density at radius 2 is 1.55 bits per heavy atom. The summed E-state index contributed by atoms with van der Waals surface area (Å²) in [4.78, 5) is 12.7. The third-order valence-electron chi connectivity index (χ3n) is 4.78. The second-order valence-corrected chi connectivity index (χ2v) is 6.91. The largest absolute Gasteiger partial charge is 0.497 e. The number of hydrogen-bond donors (Lipinski definition) is 1. The number of amides is 1. The van der Waals surface area contributed by atoms with Crippen molar-refractivity contribution in [3.8, 4) is 34.4 Å². The molecule has 7 nitrogen and oxygen atoms in total. The predicted molar refractivity (Wildman–Crippen MR) is 121 cm³/mol. The number of benzene rings is 3. The first-order valence-electron chi connectivity index (χ1n) is 9.96. The number of carbonyl (C=O) groups is 1. The van der Waals surface area contributed by atoms with E-state index in [0.717, 1.165) is 5.56 Å². The number of nitrogens with zero attached hydrogens (tertiary/aromatic N) is 2. The molecule has 0 fully saturated rings. The number of carbonyl (C=O) groups excluding carboxylic acids is 1. The van der Waals surface area contributed by atoms with E-state index in [0.29, 0.717) is 34.2 Å². The van der Waals surface area contributed by atoms with E-state index in [-0.39, 0.29) is 17.6 Å². The van der Waals surface area contributed by atoms with Gasteiger partial charge in [0.2, 0.25) is 5.88 Å². The number of hydrogen-bond acceptors (Lipinski definition) is 6. The van der Waals surface area contributed by atoms with Crippen LogP contribution < -0.4 is 19.5 Å². The maximum Gasteiger partial charge on any atom is 0.255 e. The predicted octanol–water partition coefficient (Wildman–Crippen LogP) is 5.34. The van der Waals surface area contributed by atoms with Crippen LogP contribution in [0.1, 0.15) is 10.4 Å². The van der Waals surface area contributed by atoms with E-state index in [2.05, 4.69) is 15.5 Å². The molecule has 1 heterocycles. The molecule has 0 aliphatic carbocycles. The van der Waals surface area contributed by atoms with Gasteiger partial charge in [0.15, 0.2) is 0 Å². The average Bonchev–Trinajstić information content (AvgIpc) is 2.86. The van der Waals surface area contributed by atoms with Crippen molar-refractivity contribution >= 4 is 11.6 Å². The molecule has 8 heteroatoms. The van der Waals surface area contributed by atoms with Crippen LogP contribution in [0.3, 0.4) is 0 Å². The first-order valence-corrected chi connectivity index (χ1v) is 9.96. The highest BCUT2D eigenvalue weighted by Crippen LogP contribution is 2.29. The van der Waals surface area contributed by atoms with Crippen LogP contribution in [0.5, 0.6) is 23.1 Å². The van der Waals surface area contributed by atoms with Gasteiger partial charge < -0.3 is 19.5 Å². The maximum absolute atomic E-state index is 13.0. The molecule has 0 bridgehead atoms. The fraction of sp³-hybridized carbons (Fsp3) is 0.0800. The van der Waals surface area contributed by atoms with Gasteiger partial charge in [-0.15, -0.1) is 10.2 Å². The molecular weight excluding hydrogens is 425 g/mol. The Hall–Kier alpha value is -4.46. The summed E-state index contributed by atoms with van der Waals surface area (Å²) < 4.78 is 29.0. The van der Waals surface area contributed by atoms with Crippen molar-refractivity contribution in [2.75, 3.05) is 19.5 Å². The monoisotopic (exact) mass is 445 g/mol. The smallest absolute Gasteiger partial charge is 0.255 e. The molecule has 0 radical (unpaired) electrons. The zero-order valence-electron chi connectivity index (χ0n) is 17.9. The second kappa shape index (κ2) is 9.78. The topological polar surface area (TPSA) is 82.6 Å². The van der Waals surface area contributed by atoms with Gasteiger partial charge in [-0.3, -0.25) is 4.79 Å². The molecule has 0 saturated heterocycles. The van der Waals surface area contributed by atoms with Crippen LogP contribution in [-0.4, -0.2) is 30.3 Å². The third-order valence-corrected chi connectivity index (χ3v) is 4.78. The molecule has 166 valence electrons. The van der Waals surface area contributed by atoms with Gasteiger partial charge in [0.1, 0.15) is 23.1 Å². The summed E-state index contributed by atoms with van der Waals surface area (Å²) in [6.07, 6.45) is 0. The summed E-state index contributed by atoms with van der Waals surface area (Å²) in [5, 5.41) is 11.1. The Labute approximate surface area is 189 Å². The van der Waals surface area contributed by atoms with Crippen LogP contribution in [-0.2, 0) is 0 Å². The van der Waals surface area contributed by atoms with Crippen molar-refractivity contribution in [3.63, 3.8) is 0 Å². The van der Waals surface area contributed by atoms with E-state index in [1.807, 2.05) is 0 Å². The molecule has 33 heavy (non-hydrogen) atoms. The summed E-state index contributed by atoms with van der Waals surface area (Å²) in [7, 11) is 3.08. The maximum atomic E-state index is 13.0. The minimum Gasteiger partial charge on any atom is -0.497 e. The highest BCUT2D eigenvalue weighted by atomic mass is 19.1. The first-order chi connectivity index (χ1) is 16.1. The Morgan fingerprint density at radius 3 is 2.18 bits per heavy atom. The summed E-state index contributed by atoms with van der Waals surface area (Å²) in [5.41, 5.74) is 2.41. The van der Waals surface area contributed by atoms with E-state index in [1.165, 1.54) is 31.4 Å². The Kier molecular flexibility index (Phi) is 6.45. The van der Waals surface area contributed by atoms with Crippen LogP contribution in [0.2, 0.25) is 0 Å². The fourth-order valence-corrected chi connectivity index (χ4v) is 3.04. The molecule has 0 atom stereocenters. The molecule has 4 aromatic rings. The molecule has 1 amide bonds. The molecular formula is C25H20FN3O4. The number of nitrogens with one attached hydrogen (secondary N) is 1. The molecule has 0 unspecified atom stereocenters. The SMILES string of the molecule is COc1ccc(NC(=O)c2ccc(-c3ccc(Oc4ccc(F)cc4)nn3)cc2)c(OC)c1. The standard InChI is InChI=1S/C25H20FN3O4/c1-31-20-11-12-22(23(15-20)32-2)27-25(30)17-5-3-16(4-6-17)21-13-14-24(29-28-21)33-19-9-7-18(26)8-10-19/h3-15H,1-2H3,(H,27,30). The van der Waals surface area contributed by atoms with Gasteiger partial charge >= 0.3 is 0 Å². The molecule has 0 spiro atoms. The molecule has 0 saturated carbocycles. The minimum atomic E-state index is -0.343. The minimum absolute atomic E-state index is 0.279. The van der Waals surface area contributed by atoms with Gasteiger partial charge in [-0.25, -0.2) is 4.39 Å². The zero-order chi connectivity index (χ0) is 23.2. The first kappa shape index (κ1) is 21.8. The molecule has 4 rings (SSSR count). The Balaban J connectivity index is 1.43. The van der Waals surface area contributed by atoms with E-state index in [1.54, 1.807) is 61.7 Å². The number of aromatic nitrogens is 2. The van der Waals surface area contributed by atoms with Gasteiger partial charge in [-0.1, -0.05) is 12.1 Å². The number of halogens is 1. The molecule has 3 aromatic carbocycles. The van der Waals surface area contributed by atoms with Crippen LogP contribution >= 0.6 is 0 Å². The van der Waals surface area contributed by atoms with Crippen molar-refractivity contribution < 1.29 is 23.4 Å². The van der Waals surface area contributed by atoms with Gasteiger partial charge in [-0.05, 0) is 54.6 Å². The molecule has 1 aromatic heterocycles. The van der Waals surface area contributed by atoms with Gasteiger partial charge in [-0.2, -0.15) is 0 Å². The van der Waals surface area contributed by atoms with E-state index in [4.69, 9.17) is 14.2 Å². The third kappa shape index (κ3) is 5.24. The van der Waals surface area contributed by atoms with Crippen molar-refractivity contribution in [1.82, 2.24) is 10.2 Å². The number of anilines is 1. The van der Waals surface area contributed by atoms with Crippen LogP contribution in [0.15, 0.2) is 78.9 Å².